The minimum atomic E-state index is -0.404. The molecule has 1 amide bonds. The number of carbonyl (C=O) groups is 1. The number of H-pyrrole nitrogens is 1. The maximum atomic E-state index is 12.1. The number of rotatable bonds is 5. The van der Waals surface area contributed by atoms with Gasteiger partial charge in [-0.3, -0.25) is 9.89 Å². The van der Waals surface area contributed by atoms with Gasteiger partial charge in [-0.05, 0) is 35.9 Å². The van der Waals surface area contributed by atoms with Gasteiger partial charge in [0.1, 0.15) is 5.69 Å². The van der Waals surface area contributed by atoms with E-state index >= 15 is 0 Å². The van der Waals surface area contributed by atoms with E-state index in [1.807, 2.05) is 36.4 Å². The molecule has 0 radical (unpaired) electrons. The topological polar surface area (TPSA) is 70.1 Å². The van der Waals surface area contributed by atoms with Crippen LogP contribution in [0.3, 0.4) is 0 Å². The lowest BCUT2D eigenvalue weighted by molar-refractivity contribution is 0.0950. The molecular weight excluding hydrogens is 371 g/mol. The van der Waals surface area contributed by atoms with Crippen molar-refractivity contribution >= 4 is 41.4 Å². The maximum Gasteiger partial charge on any atom is 0.289 e. The number of benzene rings is 2. The van der Waals surface area contributed by atoms with Gasteiger partial charge in [0.2, 0.25) is 0 Å². The fourth-order valence-corrected chi connectivity index (χ4v) is 2.70. The average molecular weight is 385 g/mol. The molecule has 0 saturated carbocycles. The highest BCUT2D eigenvalue weighted by molar-refractivity contribution is 6.36. The van der Waals surface area contributed by atoms with Crippen LogP contribution >= 0.6 is 23.2 Å². The molecule has 0 aliphatic heterocycles. The lowest BCUT2D eigenvalue weighted by Crippen LogP contribution is -2.17. The fourth-order valence-electron chi connectivity index (χ4n) is 2.19. The van der Waals surface area contributed by atoms with Crippen LogP contribution in [0.15, 0.2) is 65.8 Å². The Labute approximate surface area is 160 Å². The highest BCUT2D eigenvalue weighted by atomic mass is 35.5. The predicted octanol–water partition coefficient (Wildman–Crippen LogP) is 4.81. The van der Waals surface area contributed by atoms with Crippen LogP contribution in [0.25, 0.3) is 17.3 Å². The monoisotopic (exact) mass is 384 g/mol. The Kier molecular flexibility index (Phi) is 5.84. The van der Waals surface area contributed by atoms with Crippen molar-refractivity contribution in [1.82, 2.24) is 15.6 Å². The van der Waals surface area contributed by atoms with E-state index in [-0.39, 0.29) is 5.69 Å². The molecule has 0 atom stereocenters. The van der Waals surface area contributed by atoms with E-state index in [1.54, 1.807) is 30.3 Å². The van der Waals surface area contributed by atoms with Crippen LogP contribution in [0.1, 0.15) is 16.1 Å². The standard InChI is InChI=1S/C19H14Cl2N4O/c20-14-8-9-15(16(21)11-14)17-12-18(24-23-17)19(26)25-22-10-4-7-13-5-2-1-3-6-13/h1-12H,(H,23,24)(H,25,26). The Morgan fingerprint density at radius 2 is 1.92 bits per heavy atom. The molecule has 26 heavy (non-hydrogen) atoms. The Morgan fingerprint density at radius 3 is 2.69 bits per heavy atom. The maximum absolute atomic E-state index is 12.1. The second-order valence-corrected chi connectivity index (χ2v) is 6.12. The van der Waals surface area contributed by atoms with Gasteiger partial charge in [-0.15, -0.1) is 0 Å². The molecule has 2 aromatic carbocycles. The molecule has 2 N–H and O–H groups in total. The number of halogens is 2. The highest BCUT2D eigenvalue weighted by Crippen LogP contribution is 2.29. The Hall–Kier alpha value is -2.89. The zero-order valence-corrected chi connectivity index (χ0v) is 15.0. The van der Waals surface area contributed by atoms with Crippen molar-refractivity contribution in [3.63, 3.8) is 0 Å². The number of aromatic amines is 1. The van der Waals surface area contributed by atoms with E-state index in [0.29, 0.717) is 21.3 Å². The van der Waals surface area contributed by atoms with E-state index in [0.717, 1.165) is 5.56 Å². The molecule has 5 nitrogen and oxygen atoms in total. The highest BCUT2D eigenvalue weighted by Gasteiger charge is 2.12. The third-order valence-corrected chi connectivity index (χ3v) is 3.99. The Balaban J connectivity index is 1.61. The SMILES string of the molecule is O=C(NN=CC=Cc1ccccc1)c1cc(-c2ccc(Cl)cc2Cl)n[nH]1. The van der Waals surface area contributed by atoms with Gasteiger partial charge in [-0.25, -0.2) is 5.43 Å². The Bertz CT molecular complexity index is 965. The number of hydrogen-bond acceptors (Lipinski definition) is 3. The van der Waals surface area contributed by atoms with E-state index in [2.05, 4.69) is 20.7 Å². The number of nitrogens with one attached hydrogen (secondary N) is 2. The molecule has 0 fully saturated rings. The van der Waals surface area contributed by atoms with Crippen molar-refractivity contribution in [2.24, 2.45) is 5.10 Å². The smallest absolute Gasteiger partial charge is 0.272 e. The van der Waals surface area contributed by atoms with Crippen molar-refractivity contribution in [2.45, 2.75) is 0 Å². The van der Waals surface area contributed by atoms with Gasteiger partial charge in [0.15, 0.2) is 0 Å². The molecule has 3 aromatic rings. The third kappa shape index (κ3) is 4.59. The second kappa shape index (κ2) is 8.47. The fraction of sp³-hybridized carbons (Fsp3) is 0. The van der Waals surface area contributed by atoms with Gasteiger partial charge in [0.05, 0.1) is 10.7 Å². The number of hydrazone groups is 1. The number of allylic oxidation sites excluding steroid dienone is 1. The van der Waals surface area contributed by atoms with Crippen LogP contribution in [0.5, 0.6) is 0 Å². The largest absolute Gasteiger partial charge is 0.289 e. The summed E-state index contributed by atoms with van der Waals surface area (Å²) in [7, 11) is 0. The predicted molar refractivity (Wildman–Crippen MR) is 105 cm³/mol. The molecule has 1 heterocycles. The van der Waals surface area contributed by atoms with Crippen molar-refractivity contribution in [1.29, 1.82) is 0 Å². The second-order valence-electron chi connectivity index (χ2n) is 5.28. The van der Waals surface area contributed by atoms with Crippen molar-refractivity contribution < 1.29 is 4.79 Å². The first-order valence-electron chi connectivity index (χ1n) is 7.69. The summed E-state index contributed by atoms with van der Waals surface area (Å²) in [4.78, 5) is 12.1. The molecule has 130 valence electrons. The molecule has 7 heteroatoms. The number of nitrogens with zero attached hydrogens (tertiary/aromatic N) is 2. The van der Waals surface area contributed by atoms with Crippen molar-refractivity contribution in [2.75, 3.05) is 0 Å². The number of amides is 1. The van der Waals surface area contributed by atoms with E-state index < -0.39 is 5.91 Å². The molecule has 0 saturated heterocycles. The minimum Gasteiger partial charge on any atom is -0.272 e. The zero-order valence-electron chi connectivity index (χ0n) is 13.5. The molecule has 0 unspecified atom stereocenters. The van der Waals surface area contributed by atoms with Crippen LogP contribution in [0, 0.1) is 0 Å². The number of aromatic nitrogens is 2. The summed E-state index contributed by atoms with van der Waals surface area (Å²) >= 11 is 12.0. The summed E-state index contributed by atoms with van der Waals surface area (Å²) in [5, 5.41) is 11.6. The van der Waals surface area contributed by atoms with Crippen LogP contribution in [0.2, 0.25) is 10.0 Å². The molecule has 0 spiro atoms. The first-order valence-corrected chi connectivity index (χ1v) is 8.45. The lowest BCUT2D eigenvalue weighted by Gasteiger charge is -2.00. The van der Waals surface area contributed by atoms with Crippen molar-refractivity contribution in [3.8, 4) is 11.3 Å². The molecule has 0 aliphatic rings. The number of hydrogen-bond donors (Lipinski definition) is 2. The summed E-state index contributed by atoms with van der Waals surface area (Å²) in [5.74, 6) is -0.404. The quantitative estimate of drug-likeness (QED) is 0.489. The average Bonchev–Trinajstić information content (AvgIpc) is 3.12. The normalized spacial score (nSPS) is 11.3. The van der Waals surface area contributed by atoms with Gasteiger partial charge >= 0.3 is 0 Å². The first kappa shape index (κ1) is 17.9. The first-order chi connectivity index (χ1) is 12.6. The third-order valence-electron chi connectivity index (χ3n) is 3.44. The van der Waals surface area contributed by atoms with Crippen LogP contribution in [-0.2, 0) is 0 Å². The van der Waals surface area contributed by atoms with E-state index in [4.69, 9.17) is 23.2 Å². The van der Waals surface area contributed by atoms with Crippen molar-refractivity contribution in [3.05, 3.63) is 82.0 Å². The molecule has 1 aromatic heterocycles. The van der Waals surface area contributed by atoms with Crippen LogP contribution in [0.4, 0.5) is 0 Å². The summed E-state index contributed by atoms with van der Waals surface area (Å²) in [5.41, 5.74) is 4.97. The summed E-state index contributed by atoms with van der Waals surface area (Å²) in [6, 6.07) is 16.4. The van der Waals surface area contributed by atoms with Gasteiger partial charge < -0.3 is 0 Å². The molecular formula is C19H14Cl2N4O. The van der Waals surface area contributed by atoms with Gasteiger partial charge in [-0.1, -0.05) is 59.6 Å². The Morgan fingerprint density at radius 1 is 1.12 bits per heavy atom. The molecule has 3 rings (SSSR count). The van der Waals surface area contributed by atoms with E-state index in [9.17, 15) is 4.79 Å². The zero-order chi connectivity index (χ0) is 18.4. The van der Waals surface area contributed by atoms with Gasteiger partial charge in [0.25, 0.3) is 5.91 Å². The van der Waals surface area contributed by atoms with E-state index in [1.165, 1.54) is 6.21 Å². The van der Waals surface area contributed by atoms with Crippen LogP contribution in [-0.4, -0.2) is 22.3 Å². The summed E-state index contributed by atoms with van der Waals surface area (Å²) < 4.78 is 0. The van der Waals surface area contributed by atoms with Gasteiger partial charge in [-0.2, -0.15) is 10.2 Å². The summed E-state index contributed by atoms with van der Waals surface area (Å²) in [6.07, 6.45) is 5.12. The summed E-state index contributed by atoms with van der Waals surface area (Å²) in [6.45, 7) is 0. The minimum absolute atomic E-state index is 0.273. The number of carbonyl (C=O) groups excluding carboxylic acids is 1. The molecule has 0 bridgehead atoms. The van der Waals surface area contributed by atoms with Crippen LogP contribution < -0.4 is 5.43 Å². The lowest BCUT2D eigenvalue weighted by atomic mass is 10.1. The van der Waals surface area contributed by atoms with Gasteiger partial charge in [0, 0.05) is 16.8 Å². The molecule has 0 aliphatic carbocycles.